The first-order chi connectivity index (χ1) is 4.54. The van der Waals surface area contributed by atoms with Crippen LogP contribution in [0.25, 0.3) is 0 Å². The minimum absolute atomic E-state index is 0.0845. The summed E-state index contributed by atoms with van der Waals surface area (Å²) < 4.78 is 4.38. The van der Waals surface area contributed by atoms with Crippen molar-refractivity contribution >= 4 is 11.8 Å². The Morgan fingerprint density at radius 1 is 1.80 bits per heavy atom. The minimum atomic E-state index is -1.82. The fourth-order valence-electron chi connectivity index (χ4n) is 0.810. The van der Waals surface area contributed by atoms with Gasteiger partial charge in [-0.05, 0) is 0 Å². The lowest BCUT2D eigenvalue weighted by Crippen LogP contribution is -2.35. The number of carbonyl (C=O) groups is 2. The van der Waals surface area contributed by atoms with Gasteiger partial charge in [-0.2, -0.15) is 0 Å². The normalized spacial score (nSPS) is 32.0. The molecule has 1 aliphatic rings. The fourth-order valence-corrected chi connectivity index (χ4v) is 0.810. The van der Waals surface area contributed by atoms with E-state index in [0.717, 1.165) is 0 Å². The molecule has 10 heavy (non-hydrogen) atoms. The molecule has 0 aromatic carbocycles. The molecule has 1 atom stereocenters. The second-order valence-electron chi connectivity index (χ2n) is 2.31. The minimum Gasteiger partial charge on any atom is -0.425 e. The second kappa shape index (κ2) is 2.05. The SMILES string of the molecule is CC(=O)C1(O)CCC(=O)O1. The Bertz CT molecular complexity index is 186. The molecular formula is C6H8O4. The molecule has 1 N–H and O–H groups in total. The Labute approximate surface area is 57.8 Å². The van der Waals surface area contributed by atoms with Crippen molar-refractivity contribution in [3.8, 4) is 0 Å². The van der Waals surface area contributed by atoms with Crippen molar-refractivity contribution in [3.05, 3.63) is 0 Å². The molecule has 0 radical (unpaired) electrons. The van der Waals surface area contributed by atoms with Crippen LogP contribution in [0, 0.1) is 0 Å². The van der Waals surface area contributed by atoms with Gasteiger partial charge in [0, 0.05) is 13.3 Å². The molecule has 1 saturated heterocycles. The van der Waals surface area contributed by atoms with E-state index in [0.29, 0.717) is 0 Å². The summed E-state index contributed by atoms with van der Waals surface area (Å²) in [5.74, 6) is -2.85. The number of esters is 1. The Morgan fingerprint density at radius 2 is 2.40 bits per heavy atom. The van der Waals surface area contributed by atoms with Gasteiger partial charge < -0.3 is 9.84 Å². The van der Waals surface area contributed by atoms with Gasteiger partial charge in [-0.25, -0.2) is 0 Å². The third-order valence-corrected chi connectivity index (χ3v) is 1.50. The summed E-state index contributed by atoms with van der Waals surface area (Å²) in [6.45, 7) is 1.19. The molecule has 0 bridgehead atoms. The van der Waals surface area contributed by atoms with E-state index in [1.54, 1.807) is 0 Å². The number of cyclic esters (lactones) is 1. The largest absolute Gasteiger partial charge is 0.425 e. The van der Waals surface area contributed by atoms with Gasteiger partial charge in [0.1, 0.15) is 0 Å². The van der Waals surface area contributed by atoms with Crippen LogP contribution >= 0.6 is 0 Å². The van der Waals surface area contributed by atoms with E-state index in [-0.39, 0.29) is 12.8 Å². The maximum atomic E-state index is 10.6. The highest BCUT2D eigenvalue weighted by Crippen LogP contribution is 2.24. The Kier molecular flexibility index (Phi) is 1.48. The van der Waals surface area contributed by atoms with E-state index in [4.69, 9.17) is 5.11 Å². The third-order valence-electron chi connectivity index (χ3n) is 1.50. The van der Waals surface area contributed by atoms with E-state index >= 15 is 0 Å². The number of Topliss-reactive ketones (excluding diaryl/α,β-unsaturated/α-hetero) is 1. The smallest absolute Gasteiger partial charge is 0.308 e. The summed E-state index contributed by atoms with van der Waals surface area (Å²) in [6.07, 6.45) is 0.206. The Balaban J connectivity index is 2.72. The molecule has 4 heteroatoms. The molecular weight excluding hydrogens is 136 g/mol. The number of rotatable bonds is 1. The van der Waals surface area contributed by atoms with Crippen LogP contribution in [0.3, 0.4) is 0 Å². The zero-order valence-electron chi connectivity index (χ0n) is 5.59. The molecule has 1 rings (SSSR count). The predicted octanol–water partition coefficient (Wildman–Crippen LogP) is -0.399. The average molecular weight is 144 g/mol. The molecule has 56 valence electrons. The highest BCUT2D eigenvalue weighted by Gasteiger charge is 2.42. The zero-order chi connectivity index (χ0) is 7.78. The van der Waals surface area contributed by atoms with Crippen molar-refractivity contribution in [2.75, 3.05) is 0 Å². The van der Waals surface area contributed by atoms with Crippen molar-refractivity contribution in [1.82, 2.24) is 0 Å². The fraction of sp³-hybridized carbons (Fsp3) is 0.667. The highest BCUT2D eigenvalue weighted by molar-refractivity contribution is 5.88. The lowest BCUT2D eigenvalue weighted by Gasteiger charge is -2.15. The molecule has 1 unspecified atom stereocenters. The number of ketones is 1. The van der Waals surface area contributed by atoms with Crippen LogP contribution in [0.1, 0.15) is 19.8 Å². The highest BCUT2D eigenvalue weighted by atomic mass is 16.7. The molecule has 0 aliphatic carbocycles. The molecule has 4 nitrogen and oxygen atoms in total. The van der Waals surface area contributed by atoms with E-state index in [2.05, 4.69) is 4.74 Å². The molecule has 0 aromatic heterocycles. The van der Waals surface area contributed by atoms with E-state index in [1.165, 1.54) is 6.92 Å². The maximum Gasteiger partial charge on any atom is 0.308 e. The van der Waals surface area contributed by atoms with Crippen LogP contribution in [-0.4, -0.2) is 22.6 Å². The zero-order valence-corrected chi connectivity index (χ0v) is 5.59. The first-order valence-electron chi connectivity index (χ1n) is 3.00. The van der Waals surface area contributed by atoms with Gasteiger partial charge in [0.2, 0.25) is 5.78 Å². The molecule has 0 saturated carbocycles. The first-order valence-corrected chi connectivity index (χ1v) is 3.00. The van der Waals surface area contributed by atoms with Gasteiger partial charge in [0.25, 0.3) is 5.79 Å². The van der Waals surface area contributed by atoms with Gasteiger partial charge in [-0.3, -0.25) is 9.59 Å². The summed E-state index contributed by atoms with van der Waals surface area (Å²) in [5.41, 5.74) is 0. The summed E-state index contributed by atoms with van der Waals surface area (Å²) in [7, 11) is 0. The summed E-state index contributed by atoms with van der Waals surface area (Å²) in [6, 6.07) is 0. The van der Waals surface area contributed by atoms with Gasteiger partial charge in [0.05, 0.1) is 6.42 Å². The number of carbonyl (C=O) groups excluding carboxylic acids is 2. The first kappa shape index (κ1) is 7.21. The summed E-state index contributed by atoms with van der Waals surface area (Å²) >= 11 is 0. The topological polar surface area (TPSA) is 63.6 Å². The maximum absolute atomic E-state index is 10.6. The van der Waals surface area contributed by atoms with Crippen LogP contribution in [0.15, 0.2) is 0 Å². The van der Waals surface area contributed by atoms with Crippen molar-refractivity contribution in [3.63, 3.8) is 0 Å². The van der Waals surface area contributed by atoms with Crippen LogP contribution in [0.4, 0.5) is 0 Å². The van der Waals surface area contributed by atoms with Gasteiger partial charge in [0.15, 0.2) is 0 Å². The van der Waals surface area contributed by atoms with Gasteiger partial charge in [-0.15, -0.1) is 0 Å². The van der Waals surface area contributed by atoms with Crippen molar-refractivity contribution < 1.29 is 19.4 Å². The molecule has 1 heterocycles. The number of ether oxygens (including phenoxy) is 1. The van der Waals surface area contributed by atoms with Crippen molar-refractivity contribution in [1.29, 1.82) is 0 Å². The van der Waals surface area contributed by atoms with E-state index < -0.39 is 17.5 Å². The molecule has 1 aliphatic heterocycles. The second-order valence-corrected chi connectivity index (χ2v) is 2.31. The van der Waals surface area contributed by atoms with E-state index in [9.17, 15) is 9.59 Å². The van der Waals surface area contributed by atoms with Crippen molar-refractivity contribution in [2.24, 2.45) is 0 Å². The number of hydrogen-bond acceptors (Lipinski definition) is 4. The lowest BCUT2D eigenvalue weighted by atomic mass is 10.1. The van der Waals surface area contributed by atoms with Crippen LogP contribution in [-0.2, 0) is 14.3 Å². The number of hydrogen-bond donors (Lipinski definition) is 1. The van der Waals surface area contributed by atoms with Gasteiger partial charge >= 0.3 is 5.97 Å². The Hall–Kier alpha value is -0.900. The Morgan fingerprint density at radius 3 is 2.60 bits per heavy atom. The van der Waals surface area contributed by atoms with Crippen LogP contribution in [0.2, 0.25) is 0 Å². The molecule has 0 aromatic rings. The average Bonchev–Trinajstić information content (AvgIpc) is 2.13. The lowest BCUT2D eigenvalue weighted by molar-refractivity contribution is -0.192. The van der Waals surface area contributed by atoms with Crippen LogP contribution < -0.4 is 0 Å². The van der Waals surface area contributed by atoms with Crippen molar-refractivity contribution in [2.45, 2.75) is 25.6 Å². The van der Waals surface area contributed by atoms with Gasteiger partial charge in [-0.1, -0.05) is 0 Å². The quantitative estimate of drug-likeness (QED) is 0.508. The molecule has 0 spiro atoms. The van der Waals surface area contributed by atoms with Crippen LogP contribution in [0.5, 0.6) is 0 Å². The standard InChI is InChI=1S/C6H8O4/c1-4(7)6(9)3-2-5(8)10-6/h9H,2-3H2,1H3. The summed E-state index contributed by atoms with van der Waals surface area (Å²) in [4.78, 5) is 21.0. The molecule has 1 fully saturated rings. The third kappa shape index (κ3) is 1.02. The molecule has 0 amide bonds. The number of aliphatic hydroxyl groups is 1. The predicted molar refractivity (Wildman–Crippen MR) is 31.0 cm³/mol. The monoisotopic (exact) mass is 144 g/mol. The van der Waals surface area contributed by atoms with E-state index in [1.807, 2.05) is 0 Å². The summed E-state index contributed by atoms with van der Waals surface area (Å²) in [5, 5.41) is 9.15.